The first kappa shape index (κ1) is 15.1. The van der Waals surface area contributed by atoms with Crippen LogP contribution < -0.4 is 9.47 Å². The molecule has 1 heterocycles. The van der Waals surface area contributed by atoms with Crippen LogP contribution in [0.15, 0.2) is 18.3 Å². The Morgan fingerprint density at radius 3 is 2.43 bits per heavy atom. The molecule has 1 aromatic carbocycles. The molecule has 5 heteroatoms. The smallest absolute Gasteiger partial charge is 0.171 e. The first-order valence-electron chi connectivity index (χ1n) is 6.67. The molecule has 0 aliphatic rings. The predicted octanol–water partition coefficient (Wildman–Crippen LogP) is 3.20. The van der Waals surface area contributed by atoms with Crippen molar-refractivity contribution in [1.29, 1.82) is 0 Å². The van der Waals surface area contributed by atoms with Gasteiger partial charge in [0.15, 0.2) is 17.8 Å². The van der Waals surface area contributed by atoms with Gasteiger partial charge in [0.2, 0.25) is 0 Å². The third-order valence-electron chi connectivity index (χ3n) is 3.33. The molecule has 0 fully saturated rings. The summed E-state index contributed by atoms with van der Waals surface area (Å²) < 4.78 is 10.6. The van der Waals surface area contributed by atoms with E-state index in [9.17, 15) is 4.79 Å². The standard InChI is InChI=1S/C16H20N2O3/c1-16(2,3)15-12(8-17-18-15)10-6-11(9-19)14(21-5)13(7-10)20-4/h6-9H,1-5H3,(H,17,18). The second kappa shape index (κ2) is 5.60. The second-order valence-corrected chi connectivity index (χ2v) is 5.83. The largest absolute Gasteiger partial charge is 0.493 e. The predicted molar refractivity (Wildman–Crippen MR) is 81.2 cm³/mol. The molecule has 1 N–H and O–H groups in total. The van der Waals surface area contributed by atoms with E-state index in [1.54, 1.807) is 19.4 Å². The summed E-state index contributed by atoms with van der Waals surface area (Å²) in [6, 6.07) is 3.64. The monoisotopic (exact) mass is 288 g/mol. The SMILES string of the molecule is COc1cc(-c2cn[nH]c2C(C)(C)C)cc(C=O)c1OC. The molecule has 0 saturated carbocycles. The van der Waals surface area contributed by atoms with Gasteiger partial charge in [-0.3, -0.25) is 9.89 Å². The number of H-pyrrole nitrogens is 1. The highest BCUT2D eigenvalue weighted by molar-refractivity contribution is 5.85. The molecule has 1 aromatic heterocycles. The molecule has 21 heavy (non-hydrogen) atoms. The van der Waals surface area contributed by atoms with Crippen LogP contribution in [-0.2, 0) is 5.41 Å². The van der Waals surface area contributed by atoms with E-state index < -0.39 is 0 Å². The fourth-order valence-electron chi connectivity index (χ4n) is 2.31. The van der Waals surface area contributed by atoms with Crippen molar-refractivity contribution in [1.82, 2.24) is 10.2 Å². The normalized spacial score (nSPS) is 11.3. The van der Waals surface area contributed by atoms with Crippen molar-refractivity contribution < 1.29 is 14.3 Å². The van der Waals surface area contributed by atoms with Gasteiger partial charge in [-0.25, -0.2) is 0 Å². The molecule has 0 aliphatic carbocycles. The van der Waals surface area contributed by atoms with Crippen molar-refractivity contribution in [2.24, 2.45) is 0 Å². The van der Waals surface area contributed by atoms with Crippen molar-refractivity contribution in [2.75, 3.05) is 14.2 Å². The topological polar surface area (TPSA) is 64.2 Å². The summed E-state index contributed by atoms with van der Waals surface area (Å²) in [6.45, 7) is 6.31. The average molecular weight is 288 g/mol. The molecule has 0 saturated heterocycles. The number of methoxy groups -OCH3 is 2. The van der Waals surface area contributed by atoms with Gasteiger partial charge in [0.1, 0.15) is 0 Å². The molecule has 0 amide bonds. The zero-order valence-electron chi connectivity index (χ0n) is 13.0. The minimum absolute atomic E-state index is 0.0830. The Kier molecular flexibility index (Phi) is 4.02. The number of hydrogen-bond donors (Lipinski definition) is 1. The zero-order valence-corrected chi connectivity index (χ0v) is 13.0. The number of carbonyl (C=O) groups is 1. The van der Waals surface area contributed by atoms with Crippen LogP contribution in [-0.4, -0.2) is 30.7 Å². The molecule has 0 aliphatic heterocycles. The van der Waals surface area contributed by atoms with Gasteiger partial charge in [-0.15, -0.1) is 0 Å². The van der Waals surface area contributed by atoms with E-state index in [2.05, 4.69) is 31.0 Å². The highest BCUT2D eigenvalue weighted by atomic mass is 16.5. The quantitative estimate of drug-likeness (QED) is 0.877. The molecule has 0 spiro atoms. The molecule has 2 aromatic rings. The van der Waals surface area contributed by atoms with E-state index in [4.69, 9.17) is 9.47 Å². The molecule has 0 bridgehead atoms. The molecule has 112 valence electrons. The van der Waals surface area contributed by atoms with Gasteiger partial charge in [0.25, 0.3) is 0 Å². The molecule has 0 atom stereocenters. The summed E-state index contributed by atoms with van der Waals surface area (Å²) in [6.07, 6.45) is 2.53. The van der Waals surface area contributed by atoms with E-state index >= 15 is 0 Å². The molecule has 0 unspecified atom stereocenters. The number of aromatic nitrogens is 2. The van der Waals surface area contributed by atoms with Crippen LogP contribution in [0.2, 0.25) is 0 Å². The van der Waals surface area contributed by atoms with Gasteiger partial charge >= 0.3 is 0 Å². The Balaban J connectivity index is 2.66. The van der Waals surface area contributed by atoms with E-state index in [0.717, 1.165) is 23.1 Å². The Morgan fingerprint density at radius 1 is 1.19 bits per heavy atom. The van der Waals surface area contributed by atoms with Crippen LogP contribution in [0, 0.1) is 0 Å². The van der Waals surface area contributed by atoms with Crippen LogP contribution in [0.4, 0.5) is 0 Å². The van der Waals surface area contributed by atoms with E-state index in [1.165, 1.54) is 7.11 Å². The van der Waals surface area contributed by atoms with Crippen molar-refractivity contribution >= 4 is 6.29 Å². The lowest BCUT2D eigenvalue weighted by atomic mass is 9.87. The summed E-state index contributed by atoms with van der Waals surface area (Å²) in [5, 5.41) is 7.17. The van der Waals surface area contributed by atoms with Gasteiger partial charge in [-0.1, -0.05) is 20.8 Å². The summed E-state index contributed by atoms with van der Waals surface area (Å²) in [5.74, 6) is 0.968. The number of ether oxygens (including phenoxy) is 2. The maximum atomic E-state index is 11.3. The Labute approximate surface area is 124 Å². The number of rotatable bonds is 4. The number of carbonyl (C=O) groups excluding carboxylic acids is 1. The van der Waals surface area contributed by atoms with Gasteiger partial charge in [-0.2, -0.15) is 5.10 Å². The first-order chi connectivity index (χ1) is 9.92. The van der Waals surface area contributed by atoms with Crippen LogP contribution in [0.25, 0.3) is 11.1 Å². The molecular weight excluding hydrogens is 268 g/mol. The fourth-order valence-corrected chi connectivity index (χ4v) is 2.31. The average Bonchev–Trinajstić information content (AvgIpc) is 2.95. The minimum atomic E-state index is -0.0830. The van der Waals surface area contributed by atoms with E-state index in [1.807, 2.05) is 6.07 Å². The summed E-state index contributed by atoms with van der Waals surface area (Å²) >= 11 is 0. The lowest BCUT2D eigenvalue weighted by Gasteiger charge is -2.19. The lowest BCUT2D eigenvalue weighted by Crippen LogP contribution is -2.13. The molecule has 5 nitrogen and oxygen atoms in total. The molecule has 2 rings (SSSR count). The Bertz CT molecular complexity index is 654. The van der Waals surface area contributed by atoms with Gasteiger partial charge in [-0.05, 0) is 17.7 Å². The number of nitrogens with one attached hydrogen (secondary N) is 1. The van der Waals surface area contributed by atoms with Crippen molar-refractivity contribution in [2.45, 2.75) is 26.2 Å². The maximum Gasteiger partial charge on any atom is 0.171 e. The lowest BCUT2D eigenvalue weighted by molar-refractivity contribution is 0.112. The van der Waals surface area contributed by atoms with Crippen molar-refractivity contribution in [3.05, 3.63) is 29.6 Å². The van der Waals surface area contributed by atoms with Crippen LogP contribution >= 0.6 is 0 Å². The summed E-state index contributed by atoms with van der Waals surface area (Å²) in [5.41, 5.74) is 3.19. The van der Waals surface area contributed by atoms with Crippen molar-refractivity contribution in [3.63, 3.8) is 0 Å². The fraction of sp³-hybridized carbons (Fsp3) is 0.375. The number of hydrogen-bond acceptors (Lipinski definition) is 4. The van der Waals surface area contributed by atoms with Crippen LogP contribution in [0.5, 0.6) is 11.5 Å². The second-order valence-electron chi connectivity index (χ2n) is 5.83. The van der Waals surface area contributed by atoms with Crippen molar-refractivity contribution in [3.8, 4) is 22.6 Å². The highest BCUT2D eigenvalue weighted by Crippen LogP contribution is 2.38. The summed E-state index contributed by atoms with van der Waals surface area (Å²) in [4.78, 5) is 11.3. The Hall–Kier alpha value is -2.30. The third-order valence-corrected chi connectivity index (χ3v) is 3.33. The summed E-state index contributed by atoms with van der Waals surface area (Å²) in [7, 11) is 3.07. The third kappa shape index (κ3) is 2.77. The number of nitrogens with zero attached hydrogens (tertiary/aromatic N) is 1. The van der Waals surface area contributed by atoms with Gasteiger partial charge in [0, 0.05) is 16.7 Å². The van der Waals surface area contributed by atoms with Crippen LogP contribution in [0.3, 0.4) is 0 Å². The highest BCUT2D eigenvalue weighted by Gasteiger charge is 2.22. The van der Waals surface area contributed by atoms with E-state index in [0.29, 0.717) is 17.1 Å². The Morgan fingerprint density at radius 2 is 1.90 bits per heavy atom. The molecule has 0 radical (unpaired) electrons. The van der Waals surface area contributed by atoms with Crippen LogP contribution in [0.1, 0.15) is 36.8 Å². The maximum absolute atomic E-state index is 11.3. The number of aromatic amines is 1. The van der Waals surface area contributed by atoms with Gasteiger partial charge in [0.05, 0.1) is 26.0 Å². The zero-order chi connectivity index (χ0) is 15.6. The van der Waals surface area contributed by atoms with E-state index in [-0.39, 0.29) is 5.41 Å². The minimum Gasteiger partial charge on any atom is -0.493 e. The number of benzene rings is 1. The number of aldehydes is 1. The van der Waals surface area contributed by atoms with Gasteiger partial charge < -0.3 is 9.47 Å². The first-order valence-corrected chi connectivity index (χ1v) is 6.67. The molecular formula is C16H20N2O3.